The smallest absolute Gasteiger partial charge is 0.315 e. The second-order valence-electron chi connectivity index (χ2n) is 3.92. The number of aromatic nitrogens is 3. The maximum Gasteiger partial charge on any atom is 0.315 e. The fourth-order valence-electron chi connectivity index (χ4n) is 1.73. The van der Waals surface area contributed by atoms with Gasteiger partial charge >= 0.3 is 5.69 Å². The number of para-hydroxylation sites is 1. The number of nitrogens with one attached hydrogen (secondary N) is 2. The molecule has 2 N–H and O–H groups in total. The molecule has 0 saturated carbocycles. The molecular weight excluding hydrogens is 248 g/mol. The summed E-state index contributed by atoms with van der Waals surface area (Å²) in [5, 5.41) is 24.6. The van der Waals surface area contributed by atoms with Crippen LogP contribution in [0.25, 0.3) is 0 Å². The lowest BCUT2D eigenvalue weighted by molar-refractivity contribution is -0.383. The number of nitrogens with zero attached hydrogens (tertiary/aromatic N) is 4. The van der Waals surface area contributed by atoms with E-state index in [0.29, 0.717) is 23.7 Å². The molecule has 8 nitrogen and oxygen atoms in total. The third kappa shape index (κ3) is 2.62. The quantitative estimate of drug-likeness (QED) is 0.624. The maximum absolute atomic E-state index is 11.1. The van der Waals surface area contributed by atoms with Gasteiger partial charge in [0.2, 0.25) is 0 Å². The van der Waals surface area contributed by atoms with Gasteiger partial charge in [0.15, 0.2) is 5.82 Å². The van der Waals surface area contributed by atoms with Crippen molar-refractivity contribution >= 4 is 17.1 Å². The van der Waals surface area contributed by atoms with Crippen LogP contribution >= 0.6 is 0 Å². The molecule has 2 rings (SSSR count). The number of anilines is 2. The molecule has 0 amide bonds. The van der Waals surface area contributed by atoms with Gasteiger partial charge in [-0.05, 0) is 12.1 Å². The van der Waals surface area contributed by atoms with Gasteiger partial charge in [-0.25, -0.2) is 0 Å². The molecule has 19 heavy (non-hydrogen) atoms. The van der Waals surface area contributed by atoms with E-state index in [4.69, 9.17) is 0 Å². The van der Waals surface area contributed by atoms with Crippen LogP contribution in [0, 0.1) is 10.1 Å². The summed E-state index contributed by atoms with van der Waals surface area (Å²) in [7, 11) is 3.46. The number of hydrogen-bond donors (Lipinski definition) is 2. The van der Waals surface area contributed by atoms with Crippen LogP contribution in [-0.2, 0) is 13.6 Å². The second kappa shape index (κ2) is 5.34. The Labute approximate surface area is 109 Å². The van der Waals surface area contributed by atoms with Crippen molar-refractivity contribution in [2.45, 2.75) is 6.54 Å². The van der Waals surface area contributed by atoms with Crippen molar-refractivity contribution in [2.24, 2.45) is 7.05 Å². The van der Waals surface area contributed by atoms with Gasteiger partial charge in [0.25, 0.3) is 0 Å². The fourth-order valence-corrected chi connectivity index (χ4v) is 1.73. The molecule has 0 atom stereocenters. The van der Waals surface area contributed by atoms with Gasteiger partial charge in [-0.3, -0.25) is 10.1 Å². The maximum atomic E-state index is 11.1. The van der Waals surface area contributed by atoms with E-state index < -0.39 is 4.92 Å². The number of nitro groups is 1. The molecule has 0 bridgehead atoms. The molecule has 8 heteroatoms. The standard InChI is InChI=1S/C11H14N6O2/c1-12-8-4-3-5-9(11(8)17(18)19)13-6-10-15-14-7-16(10)2/h3-5,7,12-13H,6H2,1-2H3. The summed E-state index contributed by atoms with van der Waals surface area (Å²) < 4.78 is 1.75. The van der Waals surface area contributed by atoms with Crippen LogP contribution in [0.2, 0.25) is 0 Å². The number of benzene rings is 1. The van der Waals surface area contributed by atoms with Crippen LogP contribution < -0.4 is 10.6 Å². The largest absolute Gasteiger partial charge is 0.382 e. The fraction of sp³-hybridized carbons (Fsp3) is 0.273. The summed E-state index contributed by atoms with van der Waals surface area (Å²) >= 11 is 0. The Morgan fingerprint density at radius 1 is 1.42 bits per heavy atom. The predicted octanol–water partition coefficient (Wildman–Crippen LogP) is 1.38. The Bertz CT molecular complexity index is 595. The van der Waals surface area contributed by atoms with Crippen LogP contribution in [0.15, 0.2) is 24.5 Å². The van der Waals surface area contributed by atoms with Crippen LogP contribution in [-0.4, -0.2) is 26.7 Å². The Morgan fingerprint density at radius 3 is 2.74 bits per heavy atom. The summed E-state index contributed by atoms with van der Waals surface area (Å²) in [6, 6.07) is 5.07. The van der Waals surface area contributed by atoms with Crippen molar-refractivity contribution in [1.82, 2.24) is 14.8 Å². The van der Waals surface area contributed by atoms with Gasteiger partial charge in [-0.1, -0.05) is 6.07 Å². The lowest BCUT2D eigenvalue weighted by Gasteiger charge is -2.09. The van der Waals surface area contributed by atoms with Gasteiger partial charge < -0.3 is 15.2 Å². The van der Waals surface area contributed by atoms with E-state index in [9.17, 15) is 10.1 Å². The third-order valence-electron chi connectivity index (χ3n) is 2.73. The minimum Gasteiger partial charge on any atom is -0.382 e. The van der Waals surface area contributed by atoms with Crippen molar-refractivity contribution in [1.29, 1.82) is 0 Å². The van der Waals surface area contributed by atoms with Gasteiger partial charge in [-0.2, -0.15) is 0 Å². The molecule has 2 aromatic rings. The highest BCUT2D eigenvalue weighted by atomic mass is 16.6. The van der Waals surface area contributed by atoms with E-state index in [-0.39, 0.29) is 5.69 Å². The lowest BCUT2D eigenvalue weighted by Crippen LogP contribution is -2.08. The number of aryl methyl sites for hydroxylation is 1. The highest BCUT2D eigenvalue weighted by Gasteiger charge is 2.18. The van der Waals surface area contributed by atoms with Crippen LogP contribution in [0.3, 0.4) is 0 Å². The molecule has 0 aliphatic rings. The van der Waals surface area contributed by atoms with Crippen molar-refractivity contribution in [3.63, 3.8) is 0 Å². The summed E-state index contributed by atoms with van der Waals surface area (Å²) in [5.74, 6) is 0.698. The first-order valence-electron chi connectivity index (χ1n) is 5.65. The molecule has 0 radical (unpaired) electrons. The molecule has 0 saturated heterocycles. The zero-order valence-corrected chi connectivity index (χ0v) is 10.6. The second-order valence-corrected chi connectivity index (χ2v) is 3.92. The van der Waals surface area contributed by atoms with E-state index >= 15 is 0 Å². The van der Waals surface area contributed by atoms with Crippen LogP contribution in [0.5, 0.6) is 0 Å². The van der Waals surface area contributed by atoms with E-state index in [1.807, 2.05) is 7.05 Å². The predicted molar refractivity (Wildman–Crippen MR) is 71.0 cm³/mol. The van der Waals surface area contributed by atoms with Gasteiger partial charge in [0.05, 0.1) is 11.5 Å². The first kappa shape index (κ1) is 12.8. The van der Waals surface area contributed by atoms with E-state index in [2.05, 4.69) is 20.8 Å². The topological polar surface area (TPSA) is 97.9 Å². The van der Waals surface area contributed by atoms with Crippen molar-refractivity contribution < 1.29 is 4.92 Å². The molecular formula is C11H14N6O2. The Morgan fingerprint density at radius 2 is 2.16 bits per heavy atom. The normalized spacial score (nSPS) is 10.2. The Hall–Kier alpha value is -2.64. The summed E-state index contributed by atoms with van der Waals surface area (Å²) in [6.45, 7) is 0.366. The zero-order chi connectivity index (χ0) is 13.8. The van der Waals surface area contributed by atoms with Crippen molar-refractivity contribution in [3.05, 3.63) is 40.5 Å². The third-order valence-corrected chi connectivity index (χ3v) is 2.73. The molecule has 0 aliphatic carbocycles. The molecule has 0 aliphatic heterocycles. The highest BCUT2D eigenvalue weighted by Crippen LogP contribution is 2.32. The first-order chi connectivity index (χ1) is 9.13. The summed E-state index contributed by atoms with van der Waals surface area (Å²) in [6.07, 6.45) is 1.58. The monoisotopic (exact) mass is 262 g/mol. The van der Waals surface area contributed by atoms with E-state index in [1.54, 1.807) is 36.1 Å². The van der Waals surface area contributed by atoms with E-state index in [1.165, 1.54) is 0 Å². The average molecular weight is 262 g/mol. The SMILES string of the molecule is CNc1cccc(NCc2nncn2C)c1[N+](=O)[O-]. The molecule has 0 unspecified atom stereocenters. The van der Waals surface area contributed by atoms with Crippen molar-refractivity contribution in [3.8, 4) is 0 Å². The van der Waals surface area contributed by atoms with Gasteiger partial charge in [-0.15, -0.1) is 10.2 Å². The highest BCUT2D eigenvalue weighted by molar-refractivity contribution is 5.75. The van der Waals surface area contributed by atoms with Crippen molar-refractivity contribution in [2.75, 3.05) is 17.7 Å². The lowest BCUT2D eigenvalue weighted by atomic mass is 10.2. The minimum atomic E-state index is -0.412. The average Bonchev–Trinajstić information content (AvgIpc) is 2.81. The molecule has 1 aromatic heterocycles. The summed E-state index contributed by atoms with van der Waals surface area (Å²) in [5.41, 5.74) is 0.931. The number of nitro benzene ring substituents is 1. The van der Waals surface area contributed by atoms with Crippen LogP contribution in [0.1, 0.15) is 5.82 Å². The Kier molecular flexibility index (Phi) is 3.60. The zero-order valence-electron chi connectivity index (χ0n) is 10.6. The molecule has 100 valence electrons. The number of rotatable bonds is 5. The number of hydrogen-bond acceptors (Lipinski definition) is 6. The van der Waals surface area contributed by atoms with E-state index in [0.717, 1.165) is 0 Å². The van der Waals surface area contributed by atoms with Crippen LogP contribution in [0.4, 0.5) is 17.1 Å². The Balaban J connectivity index is 2.25. The molecule has 1 aromatic carbocycles. The molecule has 0 spiro atoms. The molecule has 0 fully saturated rings. The van der Waals surface area contributed by atoms with Gasteiger partial charge in [0, 0.05) is 14.1 Å². The first-order valence-corrected chi connectivity index (χ1v) is 5.65. The van der Waals surface area contributed by atoms with Gasteiger partial charge in [0.1, 0.15) is 17.7 Å². The minimum absolute atomic E-state index is 0.0205. The molecule has 1 heterocycles. The summed E-state index contributed by atoms with van der Waals surface area (Å²) in [4.78, 5) is 10.7.